The molecule has 0 saturated heterocycles. The Balaban J connectivity index is 2.17. The number of nitrogens with zero attached hydrogens (tertiary/aromatic N) is 2. The van der Waals surface area contributed by atoms with Crippen LogP contribution in [0.25, 0.3) is 0 Å². The summed E-state index contributed by atoms with van der Waals surface area (Å²) in [5.74, 6) is 0.118. The lowest BCUT2D eigenvalue weighted by Crippen LogP contribution is -2.39. The normalized spacial score (nSPS) is 16.6. The number of nitro benzene ring substituents is 1. The van der Waals surface area contributed by atoms with E-state index in [9.17, 15) is 14.5 Å². The summed E-state index contributed by atoms with van der Waals surface area (Å²) in [5, 5.41) is 10.9. The van der Waals surface area contributed by atoms with Gasteiger partial charge in [0.05, 0.1) is 4.92 Å². The molecular weight excluding hydrogens is 249 g/mol. The van der Waals surface area contributed by atoms with Crippen LogP contribution in [-0.4, -0.2) is 29.5 Å². The zero-order valence-electron chi connectivity index (χ0n) is 10.9. The van der Waals surface area contributed by atoms with Crippen molar-refractivity contribution in [3.05, 3.63) is 39.7 Å². The molecule has 1 aromatic rings. The molecule has 0 aromatic heterocycles. The van der Waals surface area contributed by atoms with E-state index < -0.39 is 10.7 Å². The van der Waals surface area contributed by atoms with Crippen LogP contribution in [0.3, 0.4) is 0 Å². The first-order valence-corrected chi connectivity index (χ1v) is 6.36. The molecule has 6 heteroatoms. The molecule has 0 amide bonds. The molecule has 0 heterocycles. The fraction of sp³-hybridized carbons (Fsp3) is 0.538. The third kappa shape index (κ3) is 3.27. The predicted octanol–water partition coefficient (Wildman–Crippen LogP) is 1.90. The molecule has 104 valence electrons. The molecule has 5 nitrogen and oxygen atoms in total. The second-order valence-corrected chi connectivity index (χ2v) is 5.09. The Morgan fingerprint density at radius 3 is 2.79 bits per heavy atom. The molecule has 1 atom stereocenters. The zero-order chi connectivity index (χ0) is 14.0. The Hall–Kier alpha value is -1.53. The summed E-state index contributed by atoms with van der Waals surface area (Å²) in [6.45, 7) is 0.858. The van der Waals surface area contributed by atoms with Crippen molar-refractivity contribution in [2.24, 2.45) is 11.7 Å². The van der Waals surface area contributed by atoms with Crippen LogP contribution in [0.2, 0.25) is 0 Å². The third-order valence-electron chi connectivity index (χ3n) is 3.63. The van der Waals surface area contributed by atoms with Crippen LogP contribution >= 0.6 is 0 Å². The standard InChI is InChI=1S/C13H18FN3O2/c1-16(13(7-15)9-2-3-9)8-10-6-11(14)4-5-12(10)17(18)19/h4-6,9,13H,2-3,7-8,15H2,1H3. The van der Waals surface area contributed by atoms with Crippen molar-refractivity contribution in [2.45, 2.75) is 25.4 Å². The second kappa shape index (κ2) is 5.63. The van der Waals surface area contributed by atoms with Gasteiger partial charge in [-0.2, -0.15) is 0 Å². The highest BCUT2D eigenvalue weighted by Gasteiger charge is 2.33. The molecule has 2 N–H and O–H groups in total. The number of benzene rings is 1. The minimum atomic E-state index is -0.475. The Morgan fingerprint density at radius 2 is 2.26 bits per heavy atom. The van der Waals surface area contributed by atoms with E-state index in [-0.39, 0.29) is 11.7 Å². The zero-order valence-corrected chi connectivity index (χ0v) is 10.9. The van der Waals surface area contributed by atoms with E-state index in [1.807, 2.05) is 11.9 Å². The van der Waals surface area contributed by atoms with Crippen LogP contribution in [0.1, 0.15) is 18.4 Å². The molecule has 0 bridgehead atoms. The van der Waals surface area contributed by atoms with Gasteiger partial charge in [0.15, 0.2) is 0 Å². The lowest BCUT2D eigenvalue weighted by Gasteiger charge is -2.26. The maximum absolute atomic E-state index is 13.2. The van der Waals surface area contributed by atoms with Crippen molar-refractivity contribution in [2.75, 3.05) is 13.6 Å². The first-order valence-electron chi connectivity index (χ1n) is 6.36. The number of rotatable bonds is 6. The van der Waals surface area contributed by atoms with Crippen LogP contribution < -0.4 is 5.73 Å². The number of hydrogen-bond acceptors (Lipinski definition) is 4. The smallest absolute Gasteiger partial charge is 0.274 e. The highest BCUT2D eigenvalue weighted by atomic mass is 19.1. The van der Waals surface area contributed by atoms with Crippen LogP contribution in [0.4, 0.5) is 10.1 Å². The van der Waals surface area contributed by atoms with Crippen molar-refractivity contribution in [3.63, 3.8) is 0 Å². The number of nitrogens with two attached hydrogens (primary N) is 1. The van der Waals surface area contributed by atoms with Gasteiger partial charge in [0.2, 0.25) is 0 Å². The summed E-state index contributed by atoms with van der Waals surface area (Å²) in [5.41, 5.74) is 6.10. The molecule has 1 aliphatic rings. The van der Waals surface area contributed by atoms with Gasteiger partial charge < -0.3 is 5.73 Å². The molecule has 1 aromatic carbocycles. The third-order valence-corrected chi connectivity index (χ3v) is 3.63. The molecule has 19 heavy (non-hydrogen) atoms. The van der Waals surface area contributed by atoms with Crippen LogP contribution in [0.5, 0.6) is 0 Å². The van der Waals surface area contributed by atoms with E-state index in [0.717, 1.165) is 18.9 Å². The van der Waals surface area contributed by atoms with Crippen molar-refractivity contribution >= 4 is 5.69 Å². The van der Waals surface area contributed by atoms with Gasteiger partial charge in [-0.05, 0) is 37.9 Å². The summed E-state index contributed by atoms with van der Waals surface area (Å²) < 4.78 is 13.2. The van der Waals surface area contributed by atoms with E-state index >= 15 is 0 Å². The number of halogens is 1. The van der Waals surface area contributed by atoms with Crippen molar-refractivity contribution in [3.8, 4) is 0 Å². The lowest BCUT2D eigenvalue weighted by molar-refractivity contribution is -0.385. The average Bonchev–Trinajstić information content (AvgIpc) is 3.14. The topological polar surface area (TPSA) is 72.4 Å². The molecule has 1 aliphatic carbocycles. The Labute approximate surface area is 111 Å². The van der Waals surface area contributed by atoms with Gasteiger partial charge in [-0.15, -0.1) is 0 Å². The summed E-state index contributed by atoms with van der Waals surface area (Å²) in [4.78, 5) is 12.5. The SMILES string of the molecule is CN(Cc1cc(F)ccc1[N+](=O)[O-])C(CN)C1CC1. The fourth-order valence-corrected chi connectivity index (χ4v) is 2.46. The second-order valence-electron chi connectivity index (χ2n) is 5.09. The van der Waals surface area contributed by atoms with Gasteiger partial charge in [0, 0.05) is 30.8 Å². The minimum absolute atomic E-state index is 0.0418. The monoisotopic (exact) mass is 267 g/mol. The van der Waals surface area contributed by atoms with Crippen LogP contribution in [-0.2, 0) is 6.54 Å². The van der Waals surface area contributed by atoms with Crippen LogP contribution in [0, 0.1) is 21.8 Å². The quantitative estimate of drug-likeness (QED) is 0.631. The lowest BCUT2D eigenvalue weighted by atomic mass is 10.1. The molecule has 0 aliphatic heterocycles. The van der Waals surface area contributed by atoms with Crippen molar-refractivity contribution < 1.29 is 9.31 Å². The van der Waals surface area contributed by atoms with Gasteiger partial charge in [-0.3, -0.25) is 15.0 Å². The van der Waals surface area contributed by atoms with Gasteiger partial charge in [-0.1, -0.05) is 0 Å². The fourth-order valence-electron chi connectivity index (χ4n) is 2.46. The average molecular weight is 267 g/mol. The predicted molar refractivity (Wildman–Crippen MR) is 70.1 cm³/mol. The maximum Gasteiger partial charge on any atom is 0.274 e. The molecule has 0 spiro atoms. The highest BCUT2D eigenvalue weighted by molar-refractivity contribution is 5.40. The van der Waals surface area contributed by atoms with Gasteiger partial charge in [0.25, 0.3) is 5.69 Å². The molecule has 1 fully saturated rings. The summed E-state index contributed by atoms with van der Waals surface area (Å²) >= 11 is 0. The van der Waals surface area contributed by atoms with Crippen molar-refractivity contribution in [1.29, 1.82) is 0 Å². The number of hydrogen-bond donors (Lipinski definition) is 1. The highest BCUT2D eigenvalue weighted by Crippen LogP contribution is 2.35. The van der Waals surface area contributed by atoms with E-state index in [4.69, 9.17) is 5.73 Å². The molecule has 1 saturated carbocycles. The Bertz CT molecular complexity index is 477. The minimum Gasteiger partial charge on any atom is -0.329 e. The van der Waals surface area contributed by atoms with E-state index in [1.165, 1.54) is 12.1 Å². The molecule has 0 radical (unpaired) electrons. The summed E-state index contributed by atoms with van der Waals surface area (Å²) in [7, 11) is 1.88. The Kier molecular flexibility index (Phi) is 4.11. The van der Waals surface area contributed by atoms with Gasteiger partial charge >= 0.3 is 0 Å². The molecule has 1 unspecified atom stereocenters. The van der Waals surface area contributed by atoms with E-state index in [2.05, 4.69) is 0 Å². The summed E-state index contributed by atoms with van der Waals surface area (Å²) in [6, 6.07) is 3.77. The molecular formula is C13H18FN3O2. The first-order chi connectivity index (χ1) is 9.02. The largest absolute Gasteiger partial charge is 0.329 e. The first kappa shape index (κ1) is 13.9. The van der Waals surface area contributed by atoms with Crippen LogP contribution in [0.15, 0.2) is 18.2 Å². The van der Waals surface area contributed by atoms with Gasteiger partial charge in [0.1, 0.15) is 5.82 Å². The number of likely N-dealkylation sites (N-methyl/N-ethyl adjacent to an activating group) is 1. The van der Waals surface area contributed by atoms with E-state index in [1.54, 1.807) is 0 Å². The van der Waals surface area contributed by atoms with Crippen molar-refractivity contribution in [1.82, 2.24) is 4.90 Å². The Morgan fingerprint density at radius 1 is 1.58 bits per heavy atom. The van der Waals surface area contributed by atoms with E-state index in [0.29, 0.717) is 24.6 Å². The number of nitro groups is 1. The molecule has 2 rings (SSSR count). The maximum atomic E-state index is 13.2. The van der Waals surface area contributed by atoms with Gasteiger partial charge in [-0.25, -0.2) is 4.39 Å². The summed E-state index contributed by atoms with van der Waals surface area (Å²) in [6.07, 6.45) is 2.30.